The number of alkyl carbamates (subject to hydrolysis) is 1. The Labute approximate surface area is 215 Å². The molecule has 3 amide bonds. The molecule has 3 atom stereocenters. The molecule has 1 rings (SSSR count). The average Bonchev–Trinajstić information content (AvgIpc) is 2.77. The summed E-state index contributed by atoms with van der Waals surface area (Å²) in [5, 5.41) is 5.70. The Bertz CT molecular complexity index is 887. The van der Waals surface area contributed by atoms with Gasteiger partial charge in [0, 0.05) is 17.6 Å². The molecule has 0 radical (unpaired) electrons. The Kier molecular flexibility index (Phi) is 12.2. The van der Waals surface area contributed by atoms with Crippen LogP contribution in [0.15, 0.2) is 24.3 Å². The normalized spacial score (nSPS) is 13.8. The number of rotatable bonds is 11. The lowest BCUT2D eigenvalue weighted by Gasteiger charge is -2.38. The number of nitrogens with one attached hydrogen (secondary N) is 2. The molecule has 0 heterocycles. The van der Waals surface area contributed by atoms with Crippen molar-refractivity contribution < 1.29 is 19.1 Å². The zero-order valence-corrected chi connectivity index (χ0v) is 23.1. The first-order valence-electron chi connectivity index (χ1n) is 12.0. The van der Waals surface area contributed by atoms with E-state index in [1.54, 1.807) is 61.7 Å². The molecule has 8 heteroatoms. The van der Waals surface area contributed by atoms with Gasteiger partial charge in [-0.05, 0) is 84.1 Å². The van der Waals surface area contributed by atoms with Gasteiger partial charge in [-0.1, -0.05) is 25.0 Å². The first-order valence-corrected chi connectivity index (χ1v) is 13.4. The van der Waals surface area contributed by atoms with E-state index in [-0.39, 0.29) is 23.9 Å². The van der Waals surface area contributed by atoms with Crippen LogP contribution in [0.25, 0.3) is 0 Å². The predicted octanol–water partition coefficient (Wildman–Crippen LogP) is 4.51. The summed E-state index contributed by atoms with van der Waals surface area (Å²) in [5.74, 6) is 2.61. The molecule has 3 unspecified atom stereocenters. The van der Waals surface area contributed by atoms with E-state index in [0.717, 1.165) is 0 Å². The van der Waals surface area contributed by atoms with Gasteiger partial charge >= 0.3 is 6.09 Å². The number of amides is 3. The van der Waals surface area contributed by atoms with Crippen LogP contribution >= 0.6 is 11.8 Å². The van der Waals surface area contributed by atoms with Crippen LogP contribution in [0, 0.1) is 12.3 Å². The van der Waals surface area contributed by atoms with Crippen molar-refractivity contribution in [3.8, 4) is 12.3 Å². The molecular formula is C27H41N3O4S. The number of carbonyl (C=O) groups excluding carboxylic acids is 3. The maximum atomic E-state index is 14.0. The van der Waals surface area contributed by atoms with Crippen molar-refractivity contribution in [1.82, 2.24) is 15.5 Å². The lowest BCUT2D eigenvalue weighted by molar-refractivity contribution is -0.145. The van der Waals surface area contributed by atoms with E-state index in [4.69, 9.17) is 11.2 Å². The first kappa shape index (κ1) is 30.4. The molecule has 35 heavy (non-hydrogen) atoms. The van der Waals surface area contributed by atoms with Gasteiger partial charge in [0.25, 0.3) is 0 Å². The summed E-state index contributed by atoms with van der Waals surface area (Å²) in [7, 11) is 0. The largest absolute Gasteiger partial charge is 0.444 e. The van der Waals surface area contributed by atoms with E-state index in [0.29, 0.717) is 29.7 Å². The Hall–Kier alpha value is -2.66. The number of terminal acetylenes is 1. The van der Waals surface area contributed by atoms with E-state index in [1.807, 2.05) is 34.0 Å². The second-order valence-corrected chi connectivity index (χ2v) is 10.8. The van der Waals surface area contributed by atoms with Crippen LogP contribution in [0.3, 0.4) is 0 Å². The number of nitrogens with zero attached hydrogens (tertiary/aromatic N) is 1. The SMILES string of the molecule is C#Cc1ccc(C(C(=O)NC(C)C)N(C(=O)C(CCSC)NC(=O)OC(C)(C)C)C(C)CC)cc1. The lowest BCUT2D eigenvalue weighted by Crippen LogP contribution is -2.56. The fourth-order valence-electron chi connectivity index (χ4n) is 3.48. The molecule has 0 aliphatic heterocycles. The summed E-state index contributed by atoms with van der Waals surface area (Å²) in [4.78, 5) is 41.6. The molecule has 0 saturated carbocycles. The van der Waals surface area contributed by atoms with E-state index < -0.39 is 23.8 Å². The monoisotopic (exact) mass is 503 g/mol. The van der Waals surface area contributed by atoms with Crippen molar-refractivity contribution in [1.29, 1.82) is 0 Å². The second-order valence-electron chi connectivity index (χ2n) is 9.82. The van der Waals surface area contributed by atoms with Crippen molar-refractivity contribution in [3.63, 3.8) is 0 Å². The molecule has 0 bridgehead atoms. The summed E-state index contributed by atoms with van der Waals surface area (Å²) >= 11 is 1.58. The van der Waals surface area contributed by atoms with E-state index in [9.17, 15) is 14.4 Å². The highest BCUT2D eigenvalue weighted by molar-refractivity contribution is 7.98. The Balaban J connectivity index is 3.50. The van der Waals surface area contributed by atoms with Gasteiger partial charge in [0.1, 0.15) is 17.7 Å². The van der Waals surface area contributed by atoms with Crippen LogP contribution in [0.5, 0.6) is 0 Å². The molecule has 0 aromatic heterocycles. The highest BCUT2D eigenvalue weighted by Crippen LogP contribution is 2.27. The maximum Gasteiger partial charge on any atom is 0.408 e. The summed E-state index contributed by atoms with van der Waals surface area (Å²) in [6.07, 6.45) is 7.81. The fraction of sp³-hybridized carbons (Fsp3) is 0.593. The summed E-state index contributed by atoms with van der Waals surface area (Å²) < 4.78 is 5.41. The van der Waals surface area contributed by atoms with Crippen molar-refractivity contribution in [2.24, 2.45) is 0 Å². The topological polar surface area (TPSA) is 87.7 Å². The van der Waals surface area contributed by atoms with E-state index in [1.165, 1.54) is 0 Å². The van der Waals surface area contributed by atoms with Gasteiger partial charge < -0.3 is 20.3 Å². The Morgan fingerprint density at radius 2 is 1.71 bits per heavy atom. The smallest absolute Gasteiger partial charge is 0.408 e. The van der Waals surface area contributed by atoms with E-state index in [2.05, 4.69) is 16.6 Å². The number of ether oxygens (including phenoxy) is 1. The minimum atomic E-state index is -0.885. The third-order valence-corrected chi connectivity index (χ3v) is 5.91. The van der Waals surface area contributed by atoms with E-state index >= 15 is 0 Å². The quantitative estimate of drug-likeness (QED) is 0.434. The average molecular weight is 504 g/mol. The minimum absolute atomic E-state index is 0.115. The van der Waals surface area contributed by atoms with Gasteiger partial charge in [-0.25, -0.2) is 4.79 Å². The molecular weight excluding hydrogens is 462 g/mol. The molecule has 0 saturated heterocycles. The first-order chi connectivity index (χ1) is 16.3. The Morgan fingerprint density at radius 1 is 1.11 bits per heavy atom. The van der Waals surface area contributed by atoms with Crippen molar-refractivity contribution >= 4 is 29.7 Å². The number of carbonyl (C=O) groups is 3. The molecule has 0 aliphatic rings. The summed E-state index contributed by atoms with van der Waals surface area (Å²) in [5.41, 5.74) is 0.630. The van der Waals surface area contributed by atoms with Gasteiger partial charge in [-0.3, -0.25) is 9.59 Å². The number of thioether (sulfide) groups is 1. The van der Waals surface area contributed by atoms with Crippen LogP contribution in [0.4, 0.5) is 4.79 Å². The molecule has 194 valence electrons. The molecule has 2 N–H and O–H groups in total. The molecule has 0 spiro atoms. The van der Waals surface area contributed by atoms with Crippen LogP contribution < -0.4 is 10.6 Å². The van der Waals surface area contributed by atoms with Crippen LogP contribution in [0.2, 0.25) is 0 Å². The van der Waals surface area contributed by atoms with Crippen molar-refractivity contribution in [2.75, 3.05) is 12.0 Å². The second kappa shape index (κ2) is 14.0. The standard InChI is InChI=1S/C27H41N3O4S/c1-10-19(5)30(25(32)22(16-17-35-9)29-26(33)34-27(6,7)8)23(24(31)28-18(3)4)21-14-12-20(11-2)13-15-21/h2,12-15,18-19,22-23H,10,16-17H2,1,3-9H3,(H,28,31)(H,29,33). The molecule has 1 aromatic carbocycles. The molecule has 0 fully saturated rings. The third kappa shape index (κ3) is 9.85. The van der Waals surface area contributed by atoms with Crippen molar-refractivity contribution in [3.05, 3.63) is 35.4 Å². The van der Waals surface area contributed by atoms with Gasteiger partial charge in [-0.15, -0.1) is 6.42 Å². The number of hydrogen-bond acceptors (Lipinski definition) is 5. The molecule has 7 nitrogen and oxygen atoms in total. The molecule has 0 aliphatic carbocycles. The highest BCUT2D eigenvalue weighted by atomic mass is 32.2. The van der Waals surface area contributed by atoms with Gasteiger partial charge in [-0.2, -0.15) is 11.8 Å². The zero-order valence-electron chi connectivity index (χ0n) is 22.3. The molecule has 1 aromatic rings. The van der Waals surface area contributed by atoms with Crippen LogP contribution in [0.1, 0.15) is 78.5 Å². The van der Waals surface area contributed by atoms with Gasteiger partial charge in [0.05, 0.1) is 0 Å². The van der Waals surface area contributed by atoms with Crippen LogP contribution in [-0.4, -0.2) is 58.5 Å². The number of benzene rings is 1. The summed E-state index contributed by atoms with van der Waals surface area (Å²) in [6, 6.07) is 4.96. The number of hydrogen-bond donors (Lipinski definition) is 2. The highest BCUT2D eigenvalue weighted by Gasteiger charge is 2.38. The summed E-state index contributed by atoms with van der Waals surface area (Å²) in [6.45, 7) is 12.9. The van der Waals surface area contributed by atoms with Gasteiger partial charge in [0.15, 0.2) is 0 Å². The van der Waals surface area contributed by atoms with Gasteiger partial charge in [0.2, 0.25) is 11.8 Å². The fourth-order valence-corrected chi connectivity index (χ4v) is 3.95. The van der Waals surface area contributed by atoms with Crippen LogP contribution in [-0.2, 0) is 14.3 Å². The minimum Gasteiger partial charge on any atom is -0.444 e. The third-order valence-electron chi connectivity index (χ3n) is 5.27. The zero-order chi connectivity index (χ0) is 26.8. The lowest BCUT2D eigenvalue weighted by atomic mass is 9.98. The van der Waals surface area contributed by atoms with Crippen molar-refractivity contribution in [2.45, 2.75) is 91.1 Å². The Morgan fingerprint density at radius 3 is 2.17 bits per heavy atom. The predicted molar refractivity (Wildman–Crippen MR) is 143 cm³/mol. The maximum absolute atomic E-state index is 14.0.